The van der Waals surface area contributed by atoms with E-state index < -0.39 is 31.2 Å². The third kappa shape index (κ3) is 14.3. The van der Waals surface area contributed by atoms with E-state index in [1.165, 1.54) is 27.7 Å². The van der Waals surface area contributed by atoms with Crippen LogP contribution in [0, 0.1) is 0 Å². The molecule has 396 valence electrons. The van der Waals surface area contributed by atoms with E-state index >= 15 is 0 Å². The molecule has 2 aliphatic carbocycles. The third-order valence-corrected chi connectivity index (χ3v) is 14.3. The van der Waals surface area contributed by atoms with Crippen molar-refractivity contribution >= 4 is 60.3 Å². The quantitative estimate of drug-likeness (QED) is 0.0395. The molecular weight excluding hydrogens is 1010 g/mol. The number of hydrogen-bond acceptors (Lipinski definition) is 11. The molecule has 2 fully saturated rings. The van der Waals surface area contributed by atoms with Crippen LogP contribution in [0.25, 0.3) is 44.8 Å². The molecule has 10 rings (SSSR count). The van der Waals surface area contributed by atoms with Crippen molar-refractivity contribution in [3.05, 3.63) is 126 Å². The van der Waals surface area contributed by atoms with Crippen LogP contribution in [-0.4, -0.2) is 101 Å². The predicted molar refractivity (Wildman–Crippen MR) is 294 cm³/mol. The van der Waals surface area contributed by atoms with E-state index in [0.29, 0.717) is 37.4 Å². The van der Waals surface area contributed by atoms with E-state index in [1.54, 1.807) is 0 Å². The largest absolute Gasteiger partial charge is 0.490 e. The summed E-state index contributed by atoms with van der Waals surface area (Å²) in [4.78, 5) is 27.5. The van der Waals surface area contributed by atoms with Crippen LogP contribution in [0.5, 0.6) is 11.5 Å². The number of aliphatic imine (C=N–C) groups is 1. The normalized spacial score (nSPS) is 14.2. The number of halogens is 2. The number of ether oxygens (including phenoxy) is 5. The minimum absolute atomic E-state index is 0.0482. The SMILES string of the molecule is CC(C)(OCc1cc(-c2cccc(OC3CC3)c2)n(-c2cccc3c2CN=C3)n1)C(=O)O.CC(C)(OCc1cc(-c2cccc(OC3CC3)c2)n(-c2cccc3cnn(COCC[Si](C)(C)C)c23)n1)C(=O)O.ClCCl. The standard InChI is InChI=1S/C30H38N4O5Si.C25H25N3O4.CH2Cl2/c1-30(2,29(35)36)38-19-23-17-27(21-8-6-10-25(16-21)39-24-12-13-24)34(32-23)26-11-7-9-22-18-31-33(28(22)26)20-37-14-15-40(3,4)5;1-25(2,24(29)30)31-15-18-12-23(16-5-3-7-20(11-16)32-19-9-10-19)28(27-18)22-8-4-6-17-13-26-14-21(17)22;2-1-3/h6-11,16-18,24H,12-15,19-20H2,1-5H3,(H,35,36);3-8,11-13,19H,9-10,14-15H2,1-2H3,(H,29,30);1H2. The van der Waals surface area contributed by atoms with Gasteiger partial charge in [-0.3, -0.25) is 4.99 Å². The Morgan fingerprint density at radius 3 is 1.73 bits per heavy atom. The summed E-state index contributed by atoms with van der Waals surface area (Å²) in [7, 11) is -1.21. The summed E-state index contributed by atoms with van der Waals surface area (Å²) in [5.41, 5.74) is 7.15. The summed E-state index contributed by atoms with van der Waals surface area (Å²) in [5, 5.41) is 34.4. The number of carboxylic acid groups (broad SMARTS) is 2. The Kier molecular flexibility index (Phi) is 17.3. The summed E-state index contributed by atoms with van der Waals surface area (Å²) >= 11 is 9.53. The molecule has 4 heterocycles. The van der Waals surface area contributed by atoms with Gasteiger partial charge in [0.25, 0.3) is 0 Å². The zero-order valence-corrected chi connectivity index (χ0v) is 46.0. The molecule has 2 N–H and O–H groups in total. The second kappa shape index (κ2) is 23.7. The number of rotatable bonds is 21. The van der Waals surface area contributed by atoms with Crippen molar-refractivity contribution in [2.24, 2.45) is 4.99 Å². The fourth-order valence-corrected chi connectivity index (χ4v) is 8.62. The Morgan fingerprint density at radius 2 is 1.21 bits per heavy atom. The van der Waals surface area contributed by atoms with Crippen molar-refractivity contribution in [1.29, 1.82) is 0 Å². The average molecular weight is 1080 g/mol. The lowest BCUT2D eigenvalue weighted by molar-refractivity contribution is -0.163. The Hall–Kier alpha value is -6.34. The highest BCUT2D eigenvalue weighted by molar-refractivity contribution is 6.76. The van der Waals surface area contributed by atoms with Crippen molar-refractivity contribution in [1.82, 2.24) is 29.3 Å². The highest BCUT2D eigenvalue weighted by Crippen LogP contribution is 2.35. The molecule has 19 heteroatoms. The number of carboxylic acids is 2. The maximum atomic E-state index is 11.6. The topological polar surface area (TPSA) is 187 Å². The first kappa shape index (κ1) is 54.9. The van der Waals surface area contributed by atoms with Crippen LogP contribution >= 0.6 is 23.2 Å². The van der Waals surface area contributed by atoms with Gasteiger partial charge in [0.15, 0.2) is 11.2 Å². The molecule has 0 bridgehead atoms. The van der Waals surface area contributed by atoms with E-state index in [1.807, 2.05) is 124 Å². The smallest absolute Gasteiger partial charge is 0.335 e. The predicted octanol–water partition coefficient (Wildman–Crippen LogP) is 11.9. The average Bonchev–Trinajstić information content (AvgIpc) is 4.11. The van der Waals surface area contributed by atoms with Gasteiger partial charge in [-0.25, -0.2) is 23.6 Å². The van der Waals surface area contributed by atoms with Gasteiger partial charge in [0, 0.05) is 43.0 Å². The Bertz CT molecular complexity index is 3150. The molecule has 75 heavy (non-hydrogen) atoms. The van der Waals surface area contributed by atoms with Gasteiger partial charge >= 0.3 is 11.9 Å². The molecule has 0 atom stereocenters. The highest BCUT2D eigenvalue weighted by Gasteiger charge is 2.31. The van der Waals surface area contributed by atoms with Crippen LogP contribution in [0.3, 0.4) is 0 Å². The third-order valence-electron chi connectivity index (χ3n) is 12.6. The lowest BCUT2D eigenvalue weighted by atomic mass is 10.1. The molecule has 0 saturated heterocycles. The number of nitrogens with zero attached hydrogens (tertiary/aromatic N) is 7. The Balaban J connectivity index is 0.000000193. The number of aromatic nitrogens is 6. The zero-order valence-electron chi connectivity index (χ0n) is 43.5. The molecule has 4 aromatic carbocycles. The summed E-state index contributed by atoms with van der Waals surface area (Å²) in [5.74, 6) is -0.388. The maximum absolute atomic E-state index is 11.6. The van der Waals surface area contributed by atoms with E-state index in [-0.39, 0.29) is 24.7 Å². The van der Waals surface area contributed by atoms with Gasteiger partial charge in [-0.05, 0) is 114 Å². The minimum atomic E-state index is -1.34. The molecule has 0 spiro atoms. The van der Waals surface area contributed by atoms with Crippen LogP contribution in [0.2, 0.25) is 25.7 Å². The van der Waals surface area contributed by atoms with Crippen molar-refractivity contribution < 1.29 is 43.5 Å². The van der Waals surface area contributed by atoms with E-state index in [2.05, 4.69) is 29.7 Å². The van der Waals surface area contributed by atoms with Gasteiger partial charge in [-0.2, -0.15) is 15.3 Å². The summed E-state index contributed by atoms with van der Waals surface area (Å²) in [6, 6.07) is 33.0. The first-order valence-electron chi connectivity index (χ1n) is 25.1. The van der Waals surface area contributed by atoms with E-state index in [0.717, 1.165) is 99.1 Å². The van der Waals surface area contributed by atoms with Crippen molar-refractivity contribution in [2.45, 2.75) is 129 Å². The number of fused-ring (bicyclic) bond motifs is 2. The summed E-state index contributed by atoms with van der Waals surface area (Å²) in [6.45, 7) is 14.9. The number of aliphatic carboxylic acids is 2. The van der Waals surface area contributed by atoms with Crippen molar-refractivity contribution in [3.8, 4) is 45.4 Å². The van der Waals surface area contributed by atoms with Crippen LogP contribution in [0.1, 0.15) is 75.9 Å². The van der Waals surface area contributed by atoms with Gasteiger partial charge in [0.05, 0.1) is 83.2 Å². The zero-order chi connectivity index (χ0) is 53.5. The molecule has 0 unspecified atom stereocenters. The van der Waals surface area contributed by atoms with Crippen LogP contribution < -0.4 is 9.47 Å². The highest BCUT2D eigenvalue weighted by atomic mass is 35.5. The lowest BCUT2D eigenvalue weighted by Gasteiger charge is -2.19. The number of benzene rings is 4. The lowest BCUT2D eigenvalue weighted by Crippen LogP contribution is -2.34. The number of hydrogen-bond donors (Lipinski definition) is 2. The fraction of sp³-hybridized carbons (Fsp3) is 0.393. The summed E-state index contributed by atoms with van der Waals surface area (Å²) < 4.78 is 35.2. The summed E-state index contributed by atoms with van der Waals surface area (Å²) in [6.07, 6.45) is 8.67. The first-order valence-corrected chi connectivity index (χ1v) is 29.8. The van der Waals surface area contributed by atoms with Crippen molar-refractivity contribution in [2.75, 3.05) is 11.9 Å². The van der Waals surface area contributed by atoms with Gasteiger partial charge in [-0.15, -0.1) is 23.2 Å². The fourth-order valence-electron chi connectivity index (χ4n) is 7.87. The van der Waals surface area contributed by atoms with Gasteiger partial charge in [-0.1, -0.05) is 68.2 Å². The van der Waals surface area contributed by atoms with Crippen LogP contribution in [0.4, 0.5) is 0 Å². The van der Waals surface area contributed by atoms with Crippen LogP contribution in [-0.2, 0) is 50.3 Å². The Morgan fingerprint density at radius 1 is 0.707 bits per heavy atom. The van der Waals surface area contributed by atoms with E-state index in [4.69, 9.17) is 57.1 Å². The molecule has 0 radical (unpaired) electrons. The van der Waals surface area contributed by atoms with Gasteiger partial charge in [0.2, 0.25) is 0 Å². The van der Waals surface area contributed by atoms with Crippen LogP contribution in [0.15, 0.2) is 108 Å². The molecule has 1 aliphatic heterocycles. The first-order chi connectivity index (χ1) is 35.8. The minimum Gasteiger partial charge on any atom is -0.490 e. The molecule has 7 aromatic rings. The number of alkyl halides is 2. The second-order valence-corrected chi connectivity index (χ2v) is 27.3. The molecular formula is C56H65Cl2N7O9Si. The molecule has 16 nitrogen and oxygen atoms in total. The molecule has 0 amide bonds. The van der Waals surface area contributed by atoms with Gasteiger partial charge < -0.3 is 33.9 Å². The number of carbonyl (C=O) groups is 2. The Labute approximate surface area is 448 Å². The monoisotopic (exact) mass is 1080 g/mol. The van der Waals surface area contributed by atoms with Gasteiger partial charge in [0.1, 0.15) is 18.2 Å². The molecule has 2 saturated carbocycles. The number of para-hydroxylation sites is 1. The van der Waals surface area contributed by atoms with E-state index in [9.17, 15) is 19.8 Å². The molecule has 3 aliphatic rings. The maximum Gasteiger partial charge on any atom is 0.335 e. The van der Waals surface area contributed by atoms with Crippen molar-refractivity contribution in [3.63, 3.8) is 0 Å². The second-order valence-electron chi connectivity index (χ2n) is 20.9. The molecule has 3 aromatic heterocycles.